The molecule has 1 amide bonds. The molecule has 3 aromatic carbocycles. The Balaban J connectivity index is 1.58. The highest BCUT2D eigenvalue weighted by Gasteiger charge is 2.34. The Kier molecular flexibility index (Phi) is 6.73. The second kappa shape index (κ2) is 9.89. The number of hydrogen-bond donors (Lipinski definition) is 1. The first-order valence-corrected chi connectivity index (χ1v) is 10.6. The summed E-state index contributed by atoms with van der Waals surface area (Å²) in [6.07, 6.45) is -4.63. The predicted octanol–water partition coefficient (Wildman–Crippen LogP) is 6.70. The molecule has 4 rings (SSSR count). The van der Waals surface area contributed by atoms with Gasteiger partial charge in [0.25, 0.3) is 5.91 Å². The fourth-order valence-electron chi connectivity index (χ4n) is 3.61. The van der Waals surface area contributed by atoms with E-state index in [4.69, 9.17) is 14.5 Å². The van der Waals surface area contributed by atoms with Crippen molar-refractivity contribution in [2.24, 2.45) is 0 Å². The molecule has 0 saturated carbocycles. The maximum Gasteiger partial charge on any atom is 0.417 e. The van der Waals surface area contributed by atoms with Crippen LogP contribution in [0.5, 0.6) is 11.5 Å². The van der Waals surface area contributed by atoms with Crippen LogP contribution in [0.1, 0.15) is 15.9 Å². The summed E-state index contributed by atoms with van der Waals surface area (Å²) in [5, 5.41) is 2.52. The average Bonchev–Trinajstić information content (AvgIpc) is 2.88. The van der Waals surface area contributed by atoms with Gasteiger partial charge in [-0.1, -0.05) is 30.3 Å². The van der Waals surface area contributed by atoms with Gasteiger partial charge in [0.15, 0.2) is 0 Å². The number of pyridine rings is 1. The normalized spacial score (nSPS) is 11.1. The topological polar surface area (TPSA) is 60.5 Å². The van der Waals surface area contributed by atoms with Gasteiger partial charge in [-0.15, -0.1) is 0 Å². The number of carbonyl (C=O) groups excluding carboxylic acids is 1. The predicted molar refractivity (Wildman–Crippen MR) is 128 cm³/mol. The zero-order valence-corrected chi connectivity index (χ0v) is 18.9. The number of hydrogen-bond acceptors (Lipinski definition) is 4. The number of methoxy groups -OCH3 is 2. The number of nitrogens with one attached hydrogen (secondary N) is 1. The van der Waals surface area contributed by atoms with Gasteiger partial charge < -0.3 is 14.8 Å². The quantitative estimate of drug-likeness (QED) is 0.335. The van der Waals surface area contributed by atoms with E-state index in [0.29, 0.717) is 28.6 Å². The van der Waals surface area contributed by atoms with Crippen molar-refractivity contribution in [1.29, 1.82) is 0 Å². The van der Waals surface area contributed by atoms with E-state index in [1.165, 1.54) is 12.1 Å². The number of aromatic nitrogens is 1. The number of benzene rings is 3. The van der Waals surface area contributed by atoms with Crippen LogP contribution >= 0.6 is 0 Å². The molecule has 1 N–H and O–H groups in total. The van der Waals surface area contributed by atoms with Crippen LogP contribution in [-0.4, -0.2) is 25.1 Å². The Morgan fingerprint density at radius 1 is 0.829 bits per heavy atom. The summed E-state index contributed by atoms with van der Waals surface area (Å²) < 4.78 is 50.5. The molecule has 1 heterocycles. The van der Waals surface area contributed by atoms with Crippen LogP contribution < -0.4 is 14.8 Å². The minimum absolute atomic E-state index is 0.362. The number of rotatable bonds is 6. The van der Waals surface area contributed by atoms with Crippen LogP contribution in [0.25, 0.3) is 22.5 Å². The van der Waals surface area contributed by atoms with Crippen LogP contribution in [-0.2, 0) is 6.18 Å². The first-order valence-electron chi connectivity index (χ1n) is 10.6. The van der Waals surface area contributed by atoms with E-state index in [1.54, 1.807) is 50.6 Å². The third-order valence-electron chi connectivity index (χ3n) is 5.35. The molecule has 0 aliphatic heterocycles. The number of alkyl halides is 3. The first-order chi connectivity index (χ1) is 16.8. The van der Waals surface area contributed by atoms with Crippen LogP contribution in [0.4, 0.5) is 18.9 Å². The molecular weight excluding hydrogens is 457 g/mol. The summed E-state index contributed by atoms with van der Waals surface area (Å²) in [5.74, 6) is 0.476. The number of anilines is 1. The van der Waals surface area contributed by atoms with Gasteiger partial charge in [-0.05, 0) is 54.6 Å². The van der Waals surface area contributed by atoms with Gasteiger partial charge in [0.2, 0.25) is 0 Å². The fraction of sp³-hybridized carbons (Fsp3) is 0.111. The molecule has 0 radical (unpaired) electrons. The van der Waals surface area contributed by atoms with Gasteiger partial charge in [-0.2, -0.15) is 13.2 Å². The zero-order valence-electron chi connectivity index (χ0n) is 18.9. The molecule has 0 aliphatic rings. The summed E-state index contributed by atoms with van der Waals surface area (Å²) in [4.78, 5) is 17.2. The lowest BCUT2D eigenvalue weighted by Crippen LogP contribution is -2.18. The van der Waals surface area contributed by atoms with Crippen LogP contribution in [0, 0.1) is 0 Å². The standard InChI is InChI=1S/C27H21F3N2O3/c1-34-19-14-15-25(35-2)21(16-19)24-9-5-8-23(32-24)17-10-12-18(13-11-17)31-26(33)20-6-3-4-7-22(20)27(28,29)30/h3-16H,1-2H3,(H,31,33). The lowest BCUT2D eigenvalue weighted by Gasteiger charge is -2.13. The lowest BCUT2D eigenvalue weighted by atomic mass is 10.1. The molecule has 0 aliphatic carbocycles. The van der Waals surface area contributed by atoms with Crippen LogP contribution in [0.15, 0.2) is 84.9 Å². The van der Waals surface area contributed by atoms with E-state index in [-0.39, 0.29) is 0 Å². The summed E-state index contributed by atoms with van der Waals surface area (Å²) in [7, 11) is 3.16. The molecule has 5 nitrogen and oxygen atoms in total. The second-order valence-corrected chi connectivity index (χ2v) is 7.55. The highest BCUT2D eigenvalue weighted by Crippen LogP contribution is 2.34. The molecule has 0 fully saturated rings. The molecule has 4 aromatic rings. The highest BCUT2D eigenvalue weighted by molar-refractivity contribution is 6.05. The van der Waals surface area contributed by atoms with Crippen molar-refractivity contribution in [3.8, 4) is 34.0 Å². The number of ether oxygens (including phenoxy) is 2. The van der Waals surface area contributed by atoms with Crippen LogP contribution in [0.3, 0.4) is 0 Å². The molecule has 178 valence electrons. The second-order valence-electron chi connectivity index (χ2n) is 7.55. The summed E-state index contributed by atoms with van der Waals surface area (Å²) in [5.41, 5.74) is 1.82. The van der Waals surface area contributed by atoms with E-state index in [1.807, 2.05) is 24.3 Å². The monoisotopic (exact) mass is 478 g/mol. The largest absolute Gasteiger partial charge is 0.497 e. The van der Waals surface area contributed by atoms with Crippen molar-refractivity contribution in [1.82, 2.24) is 4.98 Å². The Labute approximate surface area is 200 Å². The Morgan fingerprint density at radius 3 is 2.23 bits per heavy atom. The highest BCUT2D eigenvalue weighted by atomic mass is 19.4. The van der Waals surface area contributed by atoms with Gasteiger partial charge in [0, 0.05) is 16.8 Å². The molecule has 0 saturated heterocycles. The minimum Gasteiger partial charge on any atom is -0.497 e. The number of halogens is 3. The SMILES string of the molecule is COc1ccc(OC)c(-c2cccc(-c3ccc(NC(=O)c4ccccc4C(F)(F)F)cc3)n2)c1. The van der Waals surface area contributed by atoms with E-state index < -0.39 is 23.2 Å². The maximum absolute atomic E-state index is 13.2. The number of amides is 1. The Hall–Kier alpha value is -4.33. The maximum atomic E-state index is 13.2. The molecule has 0 bridgehead atoms. The smallest absolute Gasteiger partial charge is 0.417 e. The fourth-order valence-corrected chi connectivity index (χ4v) is 3.61. The van der Waals surface area contributed by atoms with E-state index >= 15 is 0 Å². The Morgan fingerprint density at radius 2 is 1.54 bits per heavy atom. The van der Waals surface area contributed by atoms with Crippen molar-refractivity contribution < 1.29 is 27.4 Å². The van der Waals surface area contributed by atoms with Gasteiger partial charge in [0.05, 0.1) is 36.7 Å². The summed E-state index contributed by atoms with van der Waals surface area (Å²) in [6.45, 7) is 0. The van der Waals surface area contributed by atoms with E-state index in [9.17, 15) is 18.0 Å². The molecule has 0 unspecified atom stereocenters. The number of carbonyl (C=O) groups is 1. The Bertz CT molecular complexity index is 1350. The minimum atomic E-state index is -4.63. The van der Waals surface area contributed by atoms with Gasteiger partial charge in [-0.25, -0.2) is 4.98 Å². The third kappa shape index (κ3) is 5.27. The van der Waals surface area contributed by atoms with Gasteiger partial charge >= 0.3 is 6.18 Å². The molecule has 8 heteroatoms. The summed E-state index contributed by atoms with van der Waals surface area (Å²) >= 11 is 0. The van der Waals surface area contributed by atoms with Crippen molar-refractivity contribution in [2.45, 2.75) is 6.18 Å². The van der Waals surface area contributed by atoms with E-state index in [0.717, 1.165) is 23.3 Å². The van der Waals surface area contributed by atoms with E-state index in [2.05, 4.69) is 5.32 Å². The number of nitrogens with zero attached hydrogens (tertiary/aromatic N) is 1. The van der Waals surface area contributed by atoms with Gasteiger partial charge in [-0.3, -0.25) is 4.79 Å². The van der Waals surface area contributed by atoms with Crippen molar-refractivity contribution in [3.63, 3.8) is 0 Å². The molecule has 0 spiro atoms. The molecule has 1 aromatic heterocycles. The third-order valence-corrected chi connectivity index (χ3v) is 5.35. The van der Waals surface area contributed by atoms with Gasteiger partial charge in [0.1, 0.15) is 11.5 Å². The van der Waals surface area contributed by atoms with Crippen LogP contribution in [0.2, 0.25) is 0 Å². The molecular formula is C27H21F3N2O3. The van der Waals surface area contributed by atoms with Crippen molar-refractivity contribution >= 4 is 11.6 Å². The average molecular weight is 478 g/mol. The first kappa shape index (κ1) is 23.8. The molecule has 35 heavy (non-hydrogen) atoms. The van der Waals surface area contributed by atoms with Crippen molar-refractivity contribution in [2.75, 3.05) is 19.5 Å². The summed E-state index contributed by atoms with van der Waals surface area (Å²) in [6, 6.07) is 22.4. The molecule has 0 atom stereocenters. The van der Waals surface area contributed by atoms with Crippen molar-refractivity contribution in [3.05, 3.63) is 96.1 Å². The zero-order chi connectivity index (χ0) is 25.0. The lowest BCUT2D eigenvalue weighted by molar-refractivity contribution is -0.137.